The van der Waals surface area contributed by atoms with Gasteiger partial charge in [-0.25, -0.2) is 4.98 Å². The van der Waals surface area contributed by atoms with Crippen LogP contribution in [0, 0.1) is 5.92 Å². The number of nitrogens with one attached hydrogen (secondary N) is 1. The molecule has 0 radical (unpaired) electrons. The van der Waals surface area contributed by atoms with Gasteiger partial charge in [0.1, 0.15) is 0 Å². The van der Waals surface area contributed by atoms with Crippen molar-refractivity contribution in [2.24, 2.45) is 5.92 Å². The second-order valence-electron chi connectivity index (χ2n) is 5.75. The van der Waals surface area contributed by atoms with Crippen LogP contribution in [0.5, 0.6) is 0 Å². The molecule has 0 aliphatic carbocycles. The van der Waals surface area contributed by atoms with Crippen LogP contribution in [0.1, 0.15) is 30.7 Å². The van der Waals surface area contributed by atoms with Gasteiger partial charge in [0.05, 0.1) is 7.11 Å². The van der Waals surface area contributed by atoms with Crippen molar-refractivity contribution in [2.75, 3.05) is 20.2 Å². The first-order chi connectivity index (χ1) is 10.7. The number of esters is 1. The third kappa shape index (κ3) is 3.62. The van der Waals surface area contributed by atoms with E-state index in [4.69, 9.17) is 4.42 Å². The van der Waals surface area contributed by atoms with Gasteiger partial charge in [0.2, 0.25) is 0 Å². The Morgan fingerprint density at radius 3 is 3.05 bits per heavy atom. The molecule has 3 rings (SSSR count). The van der Waals surface area contributed by atoms with Gasteiger partial charge in [-0.2, -0.15) is 4.98 Å². The molecule has 0 unspecified atom stereocenters. The second kappa shape index (κ2) is 6.87. The third-order valence-electron chi connectivity index (χ3n) is 4.12. The van der Waals surface area contributed by atoms with E-state index in [1.54, 1.807) is 6.20 Å². The standard InChI is InChI=1S/C16H21N3O3/c1-21-15(20)3-2-12-8-13-16(18-10-12)19-14(22-13)9-11-4-6-17-7-5-11/h8,10-11,17H,2-7,9H2,1H3. The molecule has 2 aromatic rings. The van der Waals surface area contributed by atoms with E-state index in [0.29, 0.717) is 30.0 Å². The van der Waals surface area contributed by atoms with Crippen LogP contribution >= 0.6 is 0 Å². The molecule has 1 N–H and O–H groups in total. The number of piperidine rings is 1. The summed E-state index contributed by atoms with van der Waals surface area (Å²) in [4.78, 5) is 20.0. The van der Waals surface area contributed by atoms with Crippen LogP contribution in [0.2, 0.25) is 0 Å². The van der Waals surface area contributed by atoms with Gasteiger partial charge in [0.15, 0.2) is 17.1 Å². The van der Waals surface area contributed by atoms with Crippen LogP contribution in [-0.2, 0) is 22.4 Å². The maximum Gasteiger partial charge on any atom is 0.305 e. The zero-order valence-corrected chi connectivity index (χ0v) is 12.8. The van der Waals surface area contributed by atoms with Crippen molar-refractivity contribution in [3.63, 3.8) is 0 Å². The summed E-state index contributed by atoms with van der Waals surface area (Å²) in [5.41, 5.74) is 2.31. The van der Waals surface area contributed by atoms with Crippen molar-refractivity contribution in [2.45, 2.75) is 32.1 Å². The van der Waals surface area contributed by atoms with Crippen molar-refractivity contribution in [1.29, 1.82) is 0 Å². The lowest BCUT2D eigenvalue weighted by atomic mass is 9.95. The molecule has 2 aromatic heterocycles. The Bertz CT molecular complexity index is 647. The van der Waals surface area contributed by atoms with Crippen molar-refractivity contribution in [3.05, 3.63) is 23.7 Å². The molecule has 22 heavy (non-hydrogen) atoms. The van der Waals surface area contributed by atoms with Crippen LogP contribution in [0.4, 0.5) is 0 Å². The lowest BCUT2D eigenvalue weighted by Crippen LogP contribution is -2.28. The van der Waals surface area contributed by atoms with Gasteiger partial charge in [-0.05, 0) is 49.9 Å². The number of oxazole rings is 1. The highest BCUT2D eigenvalue weighted by Gasteiger charge is 2.17. The topological polar surface area (TPSA) is 77.2 Å². The normalized spacial score (nSPS) is 16.0. The minimum atomic E-state index is -0.218. The van der Waals surface area contributed by atoms with E-state index in [0.717, 1.165) is 43.8 Å². The number of nitrogens with zero attached hydrogens (tertiary/aromatic N) is 2. The fourth-order valence-electron chi connectivity index (χ4n) is 2.81. The monoisotopic (exact) mass is 303 g/mol. The smallest absolute Gasteiger partial charge is 0.305 e. The Morgan fingerprint density at radius 2 is 2.27 bits per heavy atom. The van der Waals surface area contributed by atoms with Crippen LogP contribution in [0.15, 0.2) is 16.7 Å². The first-order valence-electron chi connectivity index (χ1n) is 7.76. The summed E-state index contributed by atoms with van der Waals surface area (Å²) in [6.45, 7) is 2.14. The third-order valence-corrected chi connectivity index (χ3v) is 4.12. The number of aromatic nitrogens is 2. The highest BCUT2D eigenvalue weighted by Crippen LogP contribution is 2.21. The molecule has 1 aliphatic rings. The summed E-state index contributed by atoms with van der Waals surface area (Å²) in [5, 5.41) is 3.36. The average molecular weight is 303 g/mol. The summed E-state index contributed by atoms with van der Waals surface area (Å²) in [6, 6.07) is 1.92. The molecule has 0 atom stereocenters. The Labute approximate surface area is 129 Å². The lowest BCUT2D eigenvalue weighted by molar-refractivity contribution is -0.140. The van der Waals surface area contributed by atoms with E-state index in [9.17, 15) is 4.79 Å². The SMILES string of the molecule is COC(=O)CCc1cnc2nc(CC3CCNCC3)oc2c1. The predicted molar refractivity (Wildman–Crippen MR) is 81.4 cm³/mol. The zero-order chi connectivity index (χ0) is 15.4. The lowest BCUT2D eigenvalue weighted by Gasteiger charge is -2.20. The fraction of sp³-hybridized carbons (Fsp3) is 0.562. The zero-order valence-electron chi connectivity index (χ0n) is 12.8. The number of methoxy groups -OCH3 is 1. The molecule has 3 heterocycles. The van der Waals surface area contributed by atoms with Crippen molar-refractivity contribution in [3.8, 4) is 0 Å². The summed E-state index contributed by atoms with van der Waals surface area (Å²) >= 11 is 0. The van der Waals surface area contributed by atoms with E-state index in [2.05, 4.69) is 20.0 Å². The van der Waals surface area contributed by atoms with Gasteiger partial charge in [0.25, 0.3) is 0 Å². The van der Waals surface area contributed by atoms with E-state index in [-0.39, 0.29) is 5.97 Å². The van der Waals surface area contributed by atoms with Crippen molar-refractivity contribution >= 4 is 17.2 Å². The van der Waals surface area contributed by atoms with Crippen LogP contribution in [-0.4, -0.2) is 36.1 Å². The number of hydrogen-bond acceptors (Lipinski definition) is 6. The van der Waals surface area contributed by atoms with Crippen LogP contribution < -0.4 is 5.32 Å². The highest BCUT2D eigenvalue weighted by atomic mass is 16.5. The van der Waals surface area contributed by atoms with Crippen LogP contribution in [0.25, 0.3) is 11.2 Å². The minimum absolute atomic E-state index is 0.218. The maximum atomic E-state index is 11.2. The summed E-state index contributed by atoms with van der Waals surface area (Å²) < 4.78 is 10.5. The first-order valence-corrected chi connectivity index (χ1v) is 7.76. The predicted octanol–water partition coefficient (Wildman–Crippen LogP) is 1.87. The van der Waals surface area contributed by atoms with Crippen molar-refractivity contribution < 1.29 is 13.9 Å². The number of hydrogen-bond donors (Lipinski definition) is 1. The molecule has 0 bridgehead atoms. The molecule has 0 aromatic carbocycles. The van der Waals surface area contributed by atoms with E-state index in [1.807, 2.05) is 6.07 Å². The number of pyridine rings is 1. The number of ether oxygens (including phenoxy) is 1. The van der Waals surface area contributed by atoms with E-state index in [1.165, 1.54) is 7.11 Å². The molecular formula is C16H21N3O3. The molecule has 118 valence electrons. The van der Waals surface area contributed by atoms with Gasteiger partial charge in [-0.15, -0.1) is 0 Å². The maximum absolute atomic E-state index is 11.2. The molecular weight excluding hydrogens is 282 g/mol. The van der Waals surface area contributed by atoms with Crippen molar-refractivity contribution in [1.82, 2.24) is 15.3 Å². The summed E-state index contributed by atoms with van der Waals surface area (Å²) in [6.07, 6.45) is 5.89. The van der Waals surface area contributed by atoms with Gasteiger partial charge >= 0.3 is 5.97 Å². The van der Waals surface area contributed by atoms with E-state index >= 15 is 0 Å². The molecule has 1 aliphatic heterocycles. The quantitative estimate of drug-likeness (QED) is 0.850. The number of fused-ring (bicyclic) bond motifs is 1. The molecule has 1 saturated heterocycles. The van der Waals surface area contributed by atoms with Gasteiger partial charge < -0.3 is 14.5 Å². The summed E-state index contributed by atoms with van der Waals surface area (Å²) in [5.74, 6) is 1.18. The molecule has 0 amide bonds. The van der Waals surface area contributed by atoms with Crippen LogP contribution in [0.3, 0.4) is 0 Å². The fourth-order valence-corrected chi connectivity index (χ4v) is 2.81. The Hall–Kier alpha value is -1.95. The van der Waals surface area contributed by atoms with Gasteiger partial charge in [0, 0.05) is 19.0 Å². The van der Waals surface area contributed by atoms with Gasteiger partial charge in [-0.3, -0.25) is 4.79 Å². The summed E-state index contributed by atoms with van der Waals surface area (Å²) in [7, 11) is 1.40. The second-order valence-corrected chi connectivity index (χ2v) is 5.75. The minimum Gasteiger partial charge on any atom is -0.469 e. The Kier molecular flexibility index (Phi) is 4.68. The largest absolute Gasteiger partial charge is 0.469 e. The Balaban J connectivity index is 1.68. The number of aryl methyl sites for hydroxylation is 1. The molecule has 0 spiro atoms. The highest BCUT2D eigenvalue weighted by molar-refractivity contribution is 5.71. The average Bonchev–Trinajstić information content (AvgIpc) is 2.94. The Morgan fingerprint density at radius 1 is 1.45 bits per heavy atom. The molecule has 6 heteroatoms. The molecule has 0 saturated carbocycles. The number of carbonyl (C=O) groups excluding carboxylic acids is 1. The van der Waals surface area contributed by atoms with Gasteiger partial charge in [-0.1, -0.05) is 0 Å². The van der Waals surface area contributed by atoms with E-state index < -0.39 is 0 Å². The number of rotatable bonds is 5. The number of carbonyl (C=O) groups is 1. The molecule has 6 nitrogen and oxygen atoms in total. The first kappa shape index (κ1) is 15.0. The molecule has 1 fully saturated rings.